The summed E-state index contributed by atoms with van der Waals surface area (Å²) in [5.41, 5.74) is 0.319. The number of halogens is 1. The van der Waals surface area contributed by atoms with E-state index >= 15 is 0 Å². The zero-order chi connectivity index (χ0) is 17.7. The molecule has 25 heavy (non-hydrogen) atoms. The van der Waals surface area contributed by atoms with Crippen LogP contribution in [0.15, 0.2) is 41.3 Å². The zero-order valence-corrected chi connectivity index (χ0v) is 13.7. The lowest BCUT2D eigenvalue weighted by Gasteiger charge is -2.51. The Balaban J connectivity index is 1.89. The fraction of sp³-hybridized carbons (Fsp3) is 0.333. The molecular formula is C18H18FN3O3. The molecule has 3 heterocycles. The van der Waals surface area contributed by atoms with Gasteiger partial charge in [-0.25, -0.2) is 4.39 Å². The molecule has 0 saturated carbocycles. The molecule has 1 aromatic carbocycles. The Labute approximate surface area is 143 Å². The van der Waals surface area contributed by atoms with Crippen LogP contribution in [-0.4, -0.2) is 33.8 Å². The van der Waals surface area contributed by atoms with Gasteiger partial charge in [0, 0.05) is 19.3 Å². The van der Waals surface area contributed by atoms with Crippen LogP contribution in [0, 0.1) is 5.82 Å². The molecule has 1 N–H and O–H groups in total. The van der Waals surface area contributed by atoms with Gasteiger partial charge in [-0.1, -0.05) is 12.1 Å². The van der Waals surface area contributed by atoms with Gasteiger partial charge in [-0.15, -0.1) is 0 Å². The Kier molecular flexibility index (Phi) is 3.52. The molecule has 4 rings (SSSR count). The summed E-state index contributed by atoms with van der Waals surface area (Å²) in [4.78, 5) is 26.0. The van der Waals surface area contributed by atoms with Gasteiger partial charge in [0.05, 0.1) is 6.04 Å². The van der Waals surface area contributed by atoms with Crippen molar-refractivity contribution >= 4 is 5.91 Å². The molecule has 1 fully saturated rings. The van der Waals surface area contributed by atoms with Crippen LogP contribution in [0.1, 0.15) is 41.4 Å². The monoisotopic (exact) mass is 343 g/mol. The second-order valence-electron chi connectivity index (χ2n) is 6.50. The van der Waals surface area contributed by atoms with E-state index in [1.165, 1.54) is 24.4 Å². The number of rotatable bonds is 1. The molecule has 0 spiro atoms. The van der Waals surface area contributed by atoms with Gasteiger partial charge in [0.25, 0.3) is 5.91 Å². The molecular weight excluding hydrogens is 325 g/mol. The van der Waals surface area contributed by atoms with Gasteiger partial charge in [-0.05, 0) is 37.0 Å². The quantitative estimate of drug-likeness (QED) is 0.860. The van der Waals surface area contributed by atoms with E-state index in [-0.39, 0.29) is 29.6 Å². The highest BCUT2D eigenvalue weighted by atomic mass is 19.1. The lowest BCUT2D eigenvalue weighted by atomic mass is 9.93. The Morgan fingerprint density at radius 1 is 1.12 bits per heavy atom. The Hall–Kier alpha value is -2.83. The van der Waals surface area contributed by atoms with E-state index in [1.807, 2.05) is 5.01 Å². The molecule has 2 aromatic rings. The van der Waals surface area contributed by atoms with E-state index in [4.69, 9.17) is 0 Å². The van der Waals surface area contributed by atoms with Gasteiger partial charge in [-0.3, -0.25) is 19.3 Å². The number of carbonyl (C=O) groups excluding carboxylic acids is 1. The first-order valence-electron chi connectivity index (χ1n) is 8.25. The zero-order valence-electron chi connectivity index (χ0n) is 13.7. The van der Waals surface area contributed by atoms with Gasteiger partial charge in [-0.2, -0.15) is 0 Å². The van der Waals surface area contributed by atoms with Crippen LogP contribution >= 0.6 is 0 Å². The number of aromatic nitrogens is 1. The van der Waals surface area contributed by atoms with Crippen molar-refractivity contribution in [2.75, 3.05) is 12.1 Å². The van der Waals surface area contributed by atoms with Crippen LogP contribution in [0.5, 0.6) is 5.75 Å². The van der Waals surface area contributed by atoms with Crippen molar-refractivity contribution in [2.24, 2.45) is 0 Å². The average molecular weight is 343 g/mol. The predicted molar refractivity (Wildman–Crippen MR) is 89.5 cm³/mol. The summed E-state index contributed by atoms with van der Waals surface area (Å²) in [5, 5.41) is 12.2. The maximum Gasteiger partial charge on any atom is 0.277 e. The van der Waals surface area contributed by atoms with Crippen LogP contribution in [-0.2, 0) is 0 Å². The number of carbonyl (C=O) groups is 1. The summed E-state index contributed by atoms with van der Waals surface area (Å²) in [6.45, 7) is 0. The minimum absolute atomic E-state index is 0.0275. The van der Waals surface area contributed by atoms with Crippen LogP contribution in [0.4, 0.5) is 4.39 Å². The molecule has 0 aliphatic carbocycles. The van der Waals surface area contributed by atoms with Crippen molar-refractivity contribution in [2.45, 2.75) is 31.5 Å². The van der Waals surface area contributed by atoms with Crippen LogP contribution in [0.2, 0.25) is 0 Å². The number of benzene rings is 1. The lowest BCUT2D eigenvalue weighted by molar-refractivity contribution is 0.0553. The van der Waals surface area contributed by atoms with Crippen LogP contribution < -0.4 is 10.4 Å². The van der Waals surface area contributed by atoms with Gasteiger partial charge < -0.3 is 10.0 Å². The summed E-state index contributed by atoms with van der Waals surface area (Å²) < 4.78 is 14.9. The Morgan fingerprint density at radius 3 is 2.56 bits per heavy atom. The molecule has 2 aliphatic rings. The molecule has 6 nitrogen and oxygen atoms in total. The van der Waals surface area contributed by atoms with Crippen molar-refractivity contribution in [3.05, 3.63) is 63.8 Å². The molecule has 2 unspecified atom stereocenters. The maximum atomic E-state index is 13.3. The van der Waals surface area contributed by atoms with Gasteiger partial charge in [0.2, 0.25) is 5.43 Å². The second kappa shape index (κ2) is 5.61. The van der Waals surface area contributed by atoms with Gasteiger partial charge in [0.15, 0.2) is 11.4 Å². The molecule has 7 heteroatoms. The third kappa shape index (κ3) is 2.30. The van der Waals surface area contributed by atoms with Crippen molar-refractivity contribution in [3.63, 3.8) is 0 Å². The van der Waals surface area contributed by atoms with E-state index in [0.29, 0.717) is 0 Å². The summed E-state index contributed by atoms with van der Waals surface area (Å²) in [5.74, 6) is -1.22. The van der Waals surface area contributed by atoms with E-state index < -0.39 is 11.2 Å². The van der Waals surface area contributed by atoms with E-state index in [1.54, 1.807) is 28.8 Å². The van der Waals surface area contributed by atoms with Crippen LogP contribution in [0.3, 0.4) is 0 Å². The summed E-state index contributed by atoms with van der Waals surface area (Å²) in [7, 11) is 1.67. The predicted octanol–water partition coefficient (Wildman–Crippen LogP) is 1.97. The smallest absolute Gasteiger partial charge is 0.277 e. The lowest BCUT2D eigenvalue weighted by Crippen LogP contribution is -2.62. The highest BCUT2D eigenvalue weighted by Crippen LogP contribution is 2.38. The average Bonchev–Trinajstić information content (AvgIpc) is 2.62. The van der Waals surface area contributed by atoms with Crippen molar-refractivity contribution in [3.8, 4) is 5.75 Å². The number of hydrogen-bond acceptors (Lipinski definition) is 4. The molecule has 2 aliphatic heterocycles. The molecule has 1 amide bonds. The van der Waals surface area contributed by atoms with E-state index in [2.05, 4.69) is 0 Å². The normalized spacial score (nSPS) is 22.6. The maximum absolute atomic E-state index is 13.3. The molecule has 1 aromatic heterocycles. The fourth-order valence-corrected chi connectivity index (χ4v) is 3.85. The van der Waals surface area contributed by atoms with Crippen molar-refractivity contribution < 1.29 is 14.3 Å². The molecule has 0 radical (unpaired) electrons. The summed E-state index contributed by atoms with van der Waals surface area (Å²) >= 11 is 0. The van der Waals surface area contributed by atoms with Gasteiger partial charge >= 0.3 is 0 Å². The summed E-state index contributed by atoms with van der Waals surface area (Å²) in [6, 6.07) is 7.48. The van der Waals surface area contributed by atoms with Crippen molar-refractivity contribution in [1.82, 2.24) is 9.58 Å². The van der Waals surface area contributed by atoms with Crippen LogP contribution in [0.25, 0.3) is 0 Å². The molecule has 1 saturated heterocycles. The molecule has 130 valence electrons. The van der Waals surface area contributed by atoms with E-state index in [9.17, 15) is 19.1 Å². The third-order valence-electron chi connectivity index (χ3n) is 5.09. The van der Waals surface area contributed by atoms with Gasteiger partial charge in [0.1, 0.15) is 12.0 Å². The number of piperidine rings is 1. The number of pyridine rings is 1. The highest BCUT2D eigenvalue weighted by Gasteiger charge is 2.42. The number of amides is 1. The minimum atomic E-state index is -0.582. The number of nitrogens with zero attached hydrogens (tertiary/aromatic N) is 3. The number of aromatic hydroxyl groups is 1. The minimum Gasteiger partial charge on any atom is -0.502 e. The largest absolute Gasteiger partial charge is 0.502 e. The van der Waals surface area contributed by atoms with Crippen molar-refractivity contribution in [1.29, 1.82) is 0 Å². The Bertz CT molecular complexity index is 893. The highest BCUT2D eigenvalue weighted by molar-refractivity contribution is 5.96. The topological polar surface area (TPSA) is 65.8 Å². The first-order valence-corrected chi connectivity index (χ1v) is 8.25. The first-order chi connectivity index (χ1) is 12.0. The SMILES string of the molecule is CN1C(=O)c2c(O)c(=O)ccn2N2C(c3ccc(F)cc3)CCCC12. The second-order valence-corrected chi connectivity index (χ2v) is 6.50. The molecule has 2 atom stereocenters. The number of hydrogen-bond donors (Lipinski definition) is 1. The fourth-order valence-electron chi connectivity index (χ4n) is 3.85. The Morgan fingerprint density at radius 2 is 1.84 bits per heavy atom. The van der Waals surface area contributed by atoms with E-state index in [0.717, 1.165) is 24.8 Å². The number of fused-ring (bicyclic) bond motifs is 3. The standard InChI is InChI=1S/C18H18FN3O3/c1-20-15-4-2-3-13(11-5-7-12(19)8-6-11)22(15)21-10-9-14(23)17(24)16(21)18(20)25/h5-10,13,15,24H,2-4H2,1H3. The molecule has 0 bridgehead atoms. The first kappa shape index (κ1) is 15.7. The summed E-state index contributed by atoms with van der Waals surface area (Å²) in [6.07, 6.45) is 3.87. The third-order valence-corrected chi connectivity index (χ3v) is 5.09.